The number of likely N-dealkylation sites (tertiary alicyclic amines) is 1. The van der Waals surface area contributed by atoms with Crippen molar-refractivity contribution in [3.8, 4) is 17.0 Å². The SMILES string of the molecule is [2H]C([2H])([2H])C(=O)N1CC[C@H](Nc2nc(OC)c3c(-c4ccc5nnn(CC(F)F)c5c4)ccn3n2)[C@H](F)C1. The van der Waals surface area contributed by atoms with E-state index in [4.69, 9.17) is 8.85 Å². The Morgan fingerprint density at radius 3 is 2.97 bits per heavy atom. The first kappa shape index (κ1) is 19.4. The Labute approximate surface area is 201 Å². The first-order valence-corrected chi connectivity index (χ1v) is 10.8. The number of alkyl halides is 3. The zero-order valence-electron chi connectivity index (χ0n) is 21.5. The number of ether oxygens (including phenoxy) is 1. The highest BCUT2D eigenvalue weighted by atomic mass is 19.3. The van der Waals surface area contributed by atoms with Gasteiger partial charge in [-0.15, -0.1) is 10.2 Å². The number of carbonyl (C=O) groups excluding carboxylic acids is 1. The van der Waals surface area contributed by atoms with Crippen LogP contribution in [0.3, 0.4) is 0 Å². The Kier molecular flexibility index (Phi) is 5.01. The van der Waals surface area contributed by atoms with Gasteiger partial charge in [-0.1, -0.05) is 11.3 Å². The number of rotatable bonds is 6. The number of anilines is 1. The van der Waals surface area contributed by atoms with Crippen LogP contribution in [0.4, 0.5) is 19.1 Å². The van der Waals surface area contributed by atoms with Crippen LogP contribution in [0.25, 0.3) is 27.7 Å². The van der Waals surface area contributed by atoms with Crippen molar-refractivity contribution in [1.82, 2.24) is 34.5 Å². The second-order valence-electron chi connectivity index (χ2n) is 8.14. The molecule has 0 unspecified atom stereocenters. The standard InChI is InChI=1S/C22H23F3N8O2/c1-12(34)31-7-6-16(15(23)10-31)26-22-27-21(35-2)20-14(5-8-32(20)29-22)13-3-4-17-18(9-13)33(30-28-17)11-19(24)25/h3-5,8-9,15-16,19H,6-7,10-11H2,1-2H3,(H,26,29)/t15-,16+/m1/s1/i1D3. The van der Waals surface area contributed by atoms with E-state index in [2.05, 4.69) is 25.7 Å². The van der Waals surface area contributed by atoms with Crippen LogP contribution < -0.4 is 10.1 Å². The molecule has 0 spiro atoms. The molecule has 0 aliphatic carbocycles. The molecule has 2 atom stereocenters. The summed E-state index contributed by atoms with van der Waals surface area (Å²) in [6.07, 6.45) is -2.32. The molecule has 10 nitrogen and oxygen atoms in total. The van der Waals surface area contributed by atoms with Crippen molar-refractivity contribution in [3.63, 3.8) is 0 Å². The molecular formula is C22H23F3N8O2. The number of benzene rings is 1. The zero-order chi connectivity index (χ0) is 27.2. The third-order valence-corrected chi connectivity index (χ3v) is 5.95. The van der Waals surface area contributed by atoms with Crippen molar-refractivity contribution < 1.29 is 26.8 Å². The molecule has 184 valence electrons. The fraction of sp³-hybridized carbons (Fsp3) is 0.409. The lowest BCUT2D eigenvalue weighted by atomic mass is 10.0. The lowest BCUT2D eigenvalue weighted by Crippen LogP contribution is -2.49. The van der Waals surface area contributed by atoms with Gasteiger partial charge in [0.1, 0.15) is 23.7 Å². The summed E-state index contributed by atoms with van der Waals surface area (Å²) < 4.78 is 70.7. The molecule has 1 saturated heterocycles. The monoisotopic (exact) mass is 491 g/mol. The number of nitrogens with one attached hydrogen (secondary N) is 1. The minimum absolute atomic E-state index is 0.0713. The van der Waals surface area contributed by atoms with Crippen molar-refractivity contribution >= 4 is 28.4 Å². The fourth-order valence-electron chi connectivity index (χ4n) is 4.24. The minimum Gasteiger partial charge on any atom is -0.479 e. The maximum absolute atomic E-state index is 14.9. The Bertz CT molecular complexity index is 1490. The molecule has 1 fully saturated rings. The van der Waals surface area contributed by atoms with Gasteiger partial charge in [0.25, 0.3) is 6.43 Å². The second-order valence-corrected chi connectivity index (χ2v) is 8.14. The number of hydrogen-bond donors (Lipinski definition) is 1. The Balaban J connectivity index is 1.41. The van der Waals surface area contributed by atoms with E-state index in [1.54, 1.807) is 30.5 Å². The van der Waals surface area contributed by atoms with E-state index < -0.39 is 37.9 Å². The summed E-state index contributed by atoms with van der Waals surface area (Å²) in [6.45, 7) is -3.70. The average Bonchev–Trinajstić information content (AvgIpc) is 3.47. The lowest BCUT2D eigenvalue weighted by molar-refractivity contribution is -0.131. The Hall–Kier alpha value is -3.90. The van der Waals surface area contributed by atoms with E-state index in [0.29, 0.717) is 27.7 Å². The van der Waals surface area contributed by atoms with Crippen molar-refractivity contribution in [1.29, 1.82) is 0 Å². The summed E-state index contributed by atoms with van der Waals surface area (Å²) in [4.78, 5) is 17.4. The predicted octanol–water partition coefficient (Wildman–Crippen LogP) is 2.79. The molecule has 13 heteroatoms. The van der Waals surface area contributed by atoms with E-state index in [1.165, 1.54) is 11.6 Å². The van der Waals surface area contributed by atoms with Crippen LogP contribution in [0.15, 0.2) is 30.5 Å². The molecule has 0 saturated carbocycles. The van der Waals surface area contributed by atoms with Crippen LogP contribution in [0.1, 0.15) is 17.4 Å². The second kappa shape index (κ2) is 9.04. The molecule has 1 aliphatic heterocycles. The molecule has 0 radical (unpaired) electrons. The normalized spacial score (nSPS) is 20.1. The third-order valence-electron chi connectivity index (χ3n) is 5.95. The van der Waals surface area contributed by atoms with Gasteiger partial charge in [0.05, 0.1) is 25.2 Å². The smallest absolute Gasteiger partial charge is 0.258 e. The largest absolute Gasteiger partial charge is 0.479 e. The number of piperidine rings is 1. The Morgan fingerprint density at radius 2 is 2.23 bits per heavy atom. The first-order chi connectivity index (χ1) is 18.0. The molecular weight excluding hydrogens is 465 g/mol. The quantitative estimate of drug-likeness (QED) is 0.443. The van der Waals surface area contributed by atoms with Gasteiger partial charge in [-0.2, -0.15) is 4.98 Å². The van der Waals surface area contributed by atoms with Crippen LogP contribution >= 0.6 is 0 Å². The zero-order valence-corrected chi connectivity index (χ0v) is 18.5. The maximum atomic E-state index is 14.9. The molecule has 5 rings (SSSR count). The molecule has 1 amide bonds. The molecule has 1 aliphatic rings. The number of nitrogens with zero attached hydrogens (tertiary/aromatic N) is 7. The Morgan fingerprint density at radius 1 is 1.37 bits per heavy atom. The highest BCUT2D eigenvalue weighted by Crippen LogP contribution is 2.33. The van der Waals surface area contributed by atoms with Gasteiger partial charge in [0, 0.05) is 29.3 Å². The minimum atomic E-state index is -2.82. The molecule has 1 N–H and O–H groups in total. The fourth-order valence-corrected chi connectivity index (χ4v) is 4.24. The maximum Gasteiger partial charge on any atom is 0.258 e. The number of halogens is 3. The highest BCUT2D eigenvalue weighted by Gasteiger charge is 2.31. The van der Waals surface area contributed by atoms with Crippen molar-refractivity contribution in [2.75, 3.05) is 25.5 Å². The lowest BCUT2D eigenvalue weighted by Gasteiger charge is -2.34. The number of amides is 1. The highest BCUT2D eigenvalue weighted by molar-refractivity contribution is 5.89. The van der Waals surface area contributed by atoms with E-state index in [1.807, 2.05) is 0 Å². The molecule has 4 aromatic rings. The number of hydrogen-bond acceptors (Lipinski definition) is 7. The summed E-state index contributed by atoms with van der Waals surface area (Å²) in [6, 6.07) is 6.15. The van der Waals surface area contributed by atoms with Crippen LogP contribution in [-0.2, 0) is 11.3 Å². The van der Waals surface area contributed by atoms with E-state index in [-0.39, 0.29) is 31.3 Å². The van der Waals surface area contributed by atoms with Crippen LogP contribution in [0.5, 0.6) is 5.88 Å². The van der Waals surface area contributed by atoms with E-state index in [9.17, 15) is 18.0 Å². The summed E-state index contributed by atoms with van der Waals surface area (Å²) in [5.74, 6) is -0.814. The van der Waals surface area contributed by atoms with Gasteiger partial charge < -0.3 is 15.0 Å². The van der Waals surface area contributed by atoms with Crippen molar-refractivity contribution in [2.24, 2.45) is 0 Å². The topological polar surface area (TPSA) is 102 Å². The molecule has 1 aromatic carbocycles. The van der Waals surface area contributed by atoms with Gasteiger partial charge >= 0.3 is 0 Å². The van der Waals surface area contributed by atoms with Crippen molar-refractivity contribution in [2.45, 2.75) is 38.5 Å². The molecule has 0 bridgehead atoms. The van der Waals surface area contributed by atoms with Crippen LogP contribution in [0.2, 0.25) is 0 Å². The van der Waals surface area contributed by atoms with Gasteiger partial charge in [0.2, 0.25) is 17.7 Å². The summed E-state index contributed by atoms with van der Waals surface area (Å²) in [7, 11) is 1.42. The number of methoxy groups -OCH3 is 1. The number of fused-ring (bicyclic) bond motifs is 2. The molecule has 4 heterocycles. The first-order valence-electron chi connectivity index (χ1n) is 12.3. The van der Waals surface area contributed by atoms with Gasteiger partial charge in [-0.3, -0.25) is 4.79 Å². The molecule has 35 heavy (non-hydrogen) atoms. The summed E-state index contributed by atoms with van der Waals surface area (Å²) >= 11 is 0. The predicted molar refractivity (Wildman–Crippen MR) is 121 cm³/mol. The van der Waals surface area contributed by atoms with Crippen LogP contribution in [-0.4, -0.2) is 79.2 Å². The van der Waals surface area contributed by atoms with E-state index >= 15 is 0 Å². The van der Waals surface area contributed by atoms with Gasteiger partial charge in [-0.25, -0.2) is 22.4 Å². The number of aromatic nitrogens is 6. The summed E-state index contributed by atoms with van der Waals surface area (Å²) in [5.41, 5.74) is 2.76. The molecule has 3 aromatic heterocycles. The summed E-state index contributed by atoms with van der Waals surface area (Å²) in [5, 5.41) is 15.1. The third kappa shape index (κ3) is 4.33. The van der Waals surface area contributed by atoms with E-state index in [0.717, 1.165) is 9.58 Å². The van der Waals surface area contributed by atoms with Crippen molar-refractivity contribution in [3.05, 3.63) is 30.5 Å². The average molecular weight is 491 g/mol. The van der Waals surface area contributed by atoms with Gasteiger partial charge in [0.15, 0.2) is 0 Å². The number of carbonyl (C=O) groups is 1. The van der Waals surface area contributed by atoms with Gasteiger partial charge in [-0.05, 0) is 30.2 Å². The van der Waals surface area contributed by atoms with Crippen LogP contribution in [0, 0.1) is 0 Å².